The molecule has 0 radical (unpaired) electrons. The van der Waals surface area contributed by atoms with Gasteiger partial charge in [-0.2, -0.15) is 0 Å². The molecule has 2 rings (SSSR count). The van der Waals surface area contributed by atoms with Crippen molar-refractivity contribution in [3.8, 4) is 0 Å². The lowest BCUT2D eigenvalue weighted by molar-refractivity contribution is 0.0295. The van der Waals surface area contributed by atoms with Crippen molar-refractivity contribution in [2.24, 2.45) is 0 Å². The second kappa shape index (κ2) is 3.54. The summed E-state index contributed by atoms with van der Waals surface area (Å²) in [5.74, 6) is 0.773. The number of ether oxygens (including phenoxy) is 1. The number of rotatable bonds is 1. The summed E-state index contributed by atoms with van der Waals surface area (Å²) in [6.45, 7) is 0.752. The Kier molecular flexibility index (Phi) is 2.40. The lowest BCUT2D eigenvalue weighted by Gasteiger charge is -2.31. The standard InChI is InChI=1S/C11H16O2/c12-11(7-3-1-4-8-11)10-6-2-5-9-13-10/h3,6-7,12H,1-2,4-5,8-9H2. The van der Waals surface area contributed by atoms with Gasteiger partial charge in [0.25, 0.3) is 0 Å². The zero-order chi connectivity index (χ0) is 9.15. The van der Waals surface area contributed by atoms with Gasteiger partial charge in [-0.1, -0.05) is 6.08 Å². The van der Waals surface area contributed by atoms with Crippen LogP contribution in [0.1, 0.15) is 32.1 Å². The van der Waals surface area contributed by atoms with Crippen LogP contribution in [0.5, 0.6) is 0 Å². The van der Waals surface area contributed by atoms with Crippen molar-refractivity contribution in [1.82, 2.24) is 0 Å². The third-order valence-electron chi connectivity index (χ3n) is 2.68. The lowest BCUT2D eigenvalue weighted by atomic mass is 9.88. The highest BCUT2D eigenvalue weighted by molar-refractivity contribution is 5.22. The summed E-state index contributed by atoms with van der Waals surface area (Å²) in [6, 6.07) is 0. The maximum atomic E-state index is 10.2. The van der Waals surface area contributed by atoms with E-state index < -0.39 is 5.60 Å². The fourth-order valence-corrected chi connectivity index (χ4v) is 1.92. The van der Waals surface area contributed by atoms with Gasteiger partial charge in [0.1, 0.15) is 11.4 Å². The van der Waals surface area contributed by atoms with Gasteiger partial charge in [-0.15, -0.1) is 0 Å². The third-order valence-corrected chi connectivity index (χ3v) is 2.68. The molecule has 1 N–H and O–H groups in total. The predicted octanol–water partition coefficient (Wildman–Crippen LogP) is 2.15. The smallest absolute Gasteiger partial charge is 0.139 e. The van der Waals surface area contributed by atoms with Crippen molar-refractivity contribution in [2.45, 2.75) is 37.7 Å². The van der Waals surface area contributed by atoms with E-state index in [-0.39, 0.29) is 0 Å². The fraction of sp³-hybridized carbons (Fsp3) is 0.636. The first-order valence-corrected chi connectivity index (χ1v) is 5.05. The predicted molar refractivity (Wildman–Crippen MR) is 51.2 cm³/mol. The number of allylic oxidation sites excluding steroid dienone is 2. The molecule has 0 saturated heterocycles. The summed E-state index contributed by atoms with van der Waals surface area (Å²) in [5.41, 5.74) is -0.793. The van der Waals surface area contributed by atoms with Crippen molar-refractivity contribution in [2.75, 3.05) is 6.61 Å². The summed E-state index contributed by atoms with van der Waals surface area (Å²) >= 11 is 0. The van der Waals surface area contributed by atoms with Crippen LogP contribution in [0.4, 0.5) is 0 Å². The van der Waals surface area contributed by atoms with Crippen LogP contribution in [0.2, 0.25) is 0 Å². The van der Waals surface area contributed by atoms with Gasteiger partial charge in [-0.3, -0.25) is 0 Å². The van der Waals surface area contributed by atoms with Crippen molar-refractivity contribution < 1.29 is 9.84 Å². The summed E-state index contributed by atoms with van der Waals surface area (Å²) in [5, 5.41) is 10.2. The molecule has 1 atom stereocenters. The molecule has 1 heterocycles. The highest BCUT2D eigenvalue weighted by Gasteiger charge is 2.32. The van der Waals surface area contributed by atoms with E-state index in [1.165, 1.54) is 0 Å². The van der Waals surface area contributed by atoms with Gasteiger partial charge in [0.15, 0.2) is 0 Å². The average Bonchev–Trinajstić information content (AvgIpc) is 2.20. The molecule has 0 fully saturated rings. The zero-order valence-electron chi connectivity index (χ0n) is 7.83. The Labute approximate surface area is 78.9 Å². The Balaban J connectivity index is 2.16. The lowest BCUT2D eigenvalue weighted by Crippen LogP contribution is -2.32. The van der Waals surface area contributed by atoms with Crippen LogP contribution in [0.3, 0.4) is 0 Å². The van der Waals surface area contributed by atoms with Gasteiger partial charge < -0.3 is 9.84 Å². The van der Waals surface area contributed by atoms with E-state index >= 15 is 0 Å². The topological polar surface area (TPSA) is 29.5 Å². The molecule has 0 aromatic rings. The summed E-state index contributed by atoms with van der Waals surface area (Å²) in [7, 11) is 0. The Morgan fingerprint density at radius 3 is 2.85 bits per heavy atom. The molecule has 2 nitrogen and oxygen atoms in total. The quantitative estimate of drug-likeness (QED) is 0.626. The van der Waals surface area contributed by atoms with Crippen LogP contribution in [0, 0.1) is 0 Å². The van der Waals surface area contributed by atoms with Crippen molar-refractivity contribution in [3.63, 3.8) is 0 Å². The van der Waals surface area contributed by atoms with E-state index in [0.717, 1.165) is 44.5 Å². The molecule has 0 saturated carbocycles. The van der Waals surface area contributed by atoms with E-state index in [1.807, 2.05) is 18.2 Å². The Morgan fingerprint density at radius 2 is 2.23 bits per heavy atom. The molecule has 1 unspecified atom stereocenters. The number of hydrogen-bond acceptors (Lipinski definition) is 2. The Hall–Kier alpha value is -0.760. The van der Waals surface area contributed by atoms with Gasteiger partial charge in [0.2, 0.25) is 0 Å². The second-order valence-electron chi connectivity index (χ2n) is 3.78. The summed E-state index contributed by atoms with van der Waals surface area (Å²) in [6.07, 6.45) is 11.0. The molecule has 13 heavy (non-hydrogen) atoms. The first-order chi connectivity index (χ1) is 6.31. The zero-order valence-corrected chi connectivity index (χ0v) is 7.83. The molecule has 1 aliphatic heterocycles. The van der Waals surface area contributed by atoms with Crippen molar-refractivity contribution >= 4 is 0 Å². The van der Waals surface area contributed by atoms with Gasteiger partial charge >= 0.3 is 0 Å². The van der Waals surface area contributed by atoms with Crippen LogP contribution in [-0.2, 0) is 4.74 Å². The second-order valence-corrected chi connectivity index (χ2v) is 3.78. The van der Waals surface area contributed by atoms with Crippen molar-refractivity contribution in [3.05, 3.63) is 24.0 Å². The third kappa shape index (κ3) is 1.78. The van der Waals surface area contributed by atoms with Crippen LogP contribution in [0.15, 0.2) is 24.0 Å². The molecule has 0 bridgehead atoms. The van der Waals surface area contributed by atoms with E-state index in [1.54, 1.807) is 0 Å². The van der Waals surface area contributed by atoms with Gasteiger partial charge in [0, 0.05) is 0 Å². The monoisotopic (exact) mass is 180 g/mol. The van der Waals surface area contributed by atoms with E-state index in [2.05, 4.69) is 0 Å². The maximum absolute atomic E-state index is 10.2. The molecular weight excluding hydrogens is 164 g/mol. The SMILES string of the molecule is OC1(C2=CCCCO2)C=CCCC1. The maximum Gasteiger partial charge on any atom is 0.139 e. The van der Waals surface area contributed by atoms with E-state index in [9.17, 15) is 5.11 Å². The minimum Gasteiger partial charge on any atom is -0.495 e. The first-order valence-electron chi connectivity index (χ1n) is 5.05. The Bertz CT molecular complexity index is 242. The molecule has 0 aromatic heterocycles. The average molecular weight is 180 g/mol. The van der Waals surface area contributed by atoms with Crippen LogP contribution >= 0.6 is 0 Å². The van der Waals surface area contributed by atoms with Crippen molar-refractivity contribution in [1.29, 1.82) is 0 Å². The minimum atomic E-state index is -0.793. The van der Waals surface area contributed by atoms with Crippen LogP contribution in [0.25, 0.3) is 0 Å². The fourth-order valence-electron chi connectivity index (χ4n) is 1.92. The summed E-state index contributed by atoms with van der Waals surface area (Å²) < 4.78 is 5.48. The van der Waals surface area contributed by atoms with E-state index in [4.69, 9.17) is 4.74 Å². The van der Waals surface area contributed by atoms with Gasteiger partial charge in [-0.05, 0) is 44.3 Å². The largest absolute Gasteiger partial charge is 0.495 e. The van der Waals surface area contributed by atoms with Gasteiger partial charge in [-0.25, -0.2) is 0 Å². The summed E-state index contributed by atoms with van der Waals surface area (Å²) in [4.78, 5) is 0. The molecule has 1 aliphatic carbocycles. The first kappa shape index (κ1) is 8.82. The molecule has 72 valence electrons. The van der Waals surface area contributed by atoms with E-state index in [0.29, 0.717) is 0 Å². The Morgan fingerprint density at radius 1 is 1.31 bits per heavy atom. The highest BCUT2D eigenvalue weighted by atomic mass is 16.5. The number of aliphatic hydroxyl groups is 1. The number of hydrogen-bond donors (Lipinski definition) is 1. The van der Waals surface area contributed by atoms with Crippen LogP contribution in [-0.4, -0.2) is 17.3 Å². The molecular formula is C11H16O2. The molecule has 0 aromatic carbocycles. The van der Waals surface area contributed by atoms with Crippen LogP contribution < -0.4 is 0 Å². The molecule has 0 spiro atoms. The highest BCUT2D eigenvalue weighted by Crippen LogP contribution is 2.31. The van der Waals surface area contributed by atoms with Gasteiger partial charge in [0.05, 0.1) is 6.61 Å². The molecule has 2 aliphatic rings. The minimum absolute atomic E-state index is 0.752. The normalized spacial score (nSPS) is 33.8. The molecule has 2 heteroatoms. The molecule has 0 amide bonds.